The van der Waals surface area contributed by atoms with Gasteiger partial charge >= 0.3 is 17.9 Å². The first-order chi connectivity index (χ1) is 12.8. The van der Waals surface area contributed by atoms with Gasteiger partial charge in [-0.2, -0.15) is 0 Å². The molecule has 1 aliphatic rings. The van der Waals surface area contributed by atoms with Gasteiger partial charge in [0.05, 0.1) is 38.0 Å². The van der Waals surface area contributed by atoms with E-state index in [1.807, 2.05) is 43.3 Å². The number of methoxy groups -OCH3 is 3. The second-order valence-electron chi connectivity index (χ2n) is 5.87. The monoisotopic (exact) mass is 371 g/mol. The van der Waals surface area contributed by atoms with Gasteiger partial charge in [0.25, 0.3) is 0 Å². The van der Waals surface area contributed by atoms with Crippen molar-refractivity contribution in [3.05, 3.63) is 58.2 Å². The average Bonchev–Trinajstić information content (AvgIpc) is 3.05. The Morgan fingerprint density at radius 3 is 1.89 bits per heavy atom. The van der Waals surface area contributed by atoms with Crippen molar-refractivity contribution in [3.8, 4) is 0 Å². The number of rotatable bonds is 5. The molecule has 0 N–H and O–H groups in total. The van der Waals surface area contributed by atoms with E-state index in [4.69, 9.17) is 14.2 Å². The SMILES string of the molecule is COC(=O)C1=CC(C(=O)OC)=C(C(=O)OC)/C1=C/c1ccc(N(C)C)cc1. The first-order valence-electron chi connectivity index (χ1n) is 8.04. The van der Waals surface area contributed by atoms with Gasteiger partial charge in [0.15, 0.2) is 0 Å². The summed E-state index contributed by atoms with van der Waals surface area (Å²) in [4.78, 5) is 38.6. The number of carbonyl (C=O) groups is 3. The molecule has 27 heavy (non-hydrogen) atoms. The van der Waals surface area contributed by atoms with E-state index < -0.39 is 17.9 Å². The van der Waals surface area contributed by atoms with E-state index in [1.165, 1.54) is 27.4 Å². The van der Waals surface area contributed by atoms with Crippen molar-refractivity contribution in [2.24, 2.45) is 0 Å². The van der Waals surface area contributed by atoms with Crippen LogP contribution in [0.1, 0.15) is 5.56 Å². The lowest BCUT2D eigenvalue weighted by atomic mass is 9.99. The molecule has 0 spiro atoms. The number of ether oxygens (including phenoxy) is 3. The smallest absolute Gasteiger partial charge is 0.339 e. The fourth-order valence-corrected chi connectivity index (χ4v) is 2.63. The first kappa shape index (κ1) is 20.0. The largest absolute Gasteiger partial charge is 0.465 e. The normalized spacial score (nSPS) is 14.7. The summed E-state index contributed by atoms with van der Waals surface area (Å²) in [6.07, 6.45) is 2.91. The number of benzene rings is 1. The van der Waals surface area contributed by atoms with Crippen molar-refractivity contribution in [1.29, 1.82) is 0 Å². The highest BCUT2D eigenvalue weighted by atomic mass is 16.5. The molecule has 0 radical (unpaired) electrons. The molecule has 2 rings (SSSR count). The van der Waals surface area contributed by atoms with Gasteiger partial charge in [-0.25, -0.2) is 14.4 Å². The third-order valence-electron chi connectivity index (χ3n) is 4.04. The lowest BCUT2D eigenvalue weighted by Gasteiger charge is -2.13. The minimum atomic E-state index is -0.748. The highest BCUT2D eigenvalue weighted by Gasteiger charge is 2.35. The molecular weight excluding hydrogens is 350 g/mol. The second-order valence-corrected chi connectivity index (χ2v) is 5.87. The summed E-state index contributed by atoms with van der Waals surface area (Å²) in [6, 6.07) is 7.46. The molecule has 0 aromatic heterocycles. The molecule has 0 heterocycles. The van der Waals surface area contributed by atoms with E-state index in [0.717, 1.165) is 11.3 Å². The average molecular weight is 371 g/mol. The van der Waals surface area contributed by atoms with Crippen LogP contribution in [0.15, 0.2) is 52.6 Å². The number of carbonyl (C=O) groups excluding carboxylic acids is 3. The van der Waals surface area contributed by atoms with E-state index in [1.54, 1.807) is 6.08 Å². The molecule has 0 saturated carbocycles. The molecule has 0 unspecified atom stereocenters. The molecule has 0 bridgehead atoms. The maximum absolute atomic E-state index is 12.3. The zero-order chi connectivity index (χ0) is 20.1. The topological polar surface area (TPSA) is 82.1 Å². The Hall–Kier alpha value is -3.35. The molecule has 142 valence electrons. The van der Waals surface area contributed by atoms with Gasteiger partial charge in [-0.15, -0.1) is 0 Å². The van der Waals surface area contributed by atoms with Crippen molar-refractivity contribution in [1.82, 2.24) is 0 Å². The van der Waals surface area contributed by atoms with Crippen LogP contribution in [0.5, 0.6) is 0 Å². The second kappa shape index (κ2) is 8.35. The van der Waals surface area contributed by atoms with E-state index in [9.17, 15) is 14.4 Å². The zero-order valence-corrected chi connectivity index (χ0v) is 15.9. The van der Waals surface area contributed by atoms with Crippen LogP contribution in [0.2, 0.25) is 0 Å². The summed E-state index contributed by atoms with van der Waals surface area (Å²) in [5, 5.41) is 0. The lowest BCUT2D eigenvalue weighted by molar-refractivity contribution is -0.138. The maximum Gasteiger partial charge on any atom is 0.339 e. The standard InChI is InChI=1S/C20H21NO6/c1-21(2)13-8-6-12(7-9-13)10-14-15(18(22)25-3)11-16(19(23)26-4)17(14)20(24)27-5/h6-11H,1-5H3/b14-10+. The predicted octanol–water partition coefficient (Wildman–Crippen LogP) is 1.89. The predicted molar refractivity (Wildman–Crippen MR) is 99.9 cm³/mol. The molecule has 7 heteroatoms. The van der Waals surface area contributed by atoms with Crippen molar-refractivity contribution < 1.29 is 28.6 Å². The molecule has 0 atom stereocenters. The number of nitrogens with zero attached hydrogens (tertiary/aromatic N) is 1. The summed E-state index contributed by atoms with van der Waals surface area (Å²) in [6.45, 7) is 0. The van der Waals surface area contributed by atoms with Gasteiger partial charge in [-0.05, 0) is 29.8 Å². The molecule has 1 aliphatic carbocycles. The van der Waals surface area contributed by atoms with E-state index in [2.05, 4.69) is 0 Å². The Morgan fingerprint density at radius 2 is 1.41 bits per heavy atom. The van der Waals surface area contributed by atoms with Crippen LogP contribution in [-0.4, -0.2) is 53.3 Å². The highest BCUT2D eigenvalue weighted by Crippen LogP contribution is 2.35. The van der Waals surface area contributed by atoms with Crippen LogP contribution in [0.3, 0.4) is 0 Å². The van der Waals surface area contributed by atoms with Gasteiger partial charge in [-0.3, -0.25) is 0 Å². The number of esters is 3. The van der Waals surface area contributed by atoms with E-state index in [0.29, 0.717) is 0 Å². The third-order valence-corrected chi connectivity index (χ3v) is 4.04. The Labute approximate surface area is 157 Å². The summed E-state index contributed by atoms with van der Waals surface area (Å²) in [5.41, 5.74) is 1.95. The number of hydrogen-bond donors (Lipinski definition) is 0. The molecule has 0 fully saturated rings. The fraction of sp³-hybridized carbons (Fsp3) is 0.250. The summed E-state index contributed by atoms with van der Waals surface area (Å²) in [7, 11) is 7.45. The van der Waals surface area contributed by atoms with Gasteiger partial charge < -0.3 is 19.1 Å². The van der Waals surface area contributed by atoms with Crippen LogP contribution in [0.25, 0.3) is 6.08 Å². The van der Waals surface area contributed by atoms with Crippen molar-refractivity contribution >= 4 is 29.7 Å². The van der Waals surface area contributed by atoms with Gasteiger partial charge in [0.2, 0.25) is 0 Å². The molecule has 7 nitrogen and oxygen atoms in total. The lowest BCUT2D eigenvalue weighted by Crippen LogP contribution is -2.13. The van der Waals surface area contributed by atoms with Crippen molar-refractivity contribution in [2.45, 2.75) is 0 Å². The van der Waals surface area contributed by atoms with Crippen molar-refractivity contribution in [3.63, 3.8) is 0 Å². The quantitative estimate of drug-likeness (QED) is 0.577. The summed E-state index contributed by atoms with van der Waals surface area (Å²) >= 11 is 0. The maximum atomic E-state index is 12.3. The third kappa shape index (κ3) is 4.08. The number of hydrogen-bond acceptors (Lipinski definition) is 7. The zero-order valence-electron chi connectivity index (χ0n) is 15.9. The van der Waals surface area contributed by atoms with Crippen LogP contribution in [0.4, 0.5) is 5.69 Å². The van der Waals surface area contributed by atoms with Crippen molar-refractivity contribution in [2.75, 3.05) is 40.3 Å². The Kier molecular flexibility index (Phi) is 6.18. The van der Waals surface area contributed by atoms with Crippen LogP contribution >= 0.6 is 0 Å². The molecular formula is C20H21NO6. The summed E-state index contributed by atoms with van der Waals surface area (Å²) < 4.78 is 14.3. The Bertz CT molecular complexity index is 859. The fourth-order valence-electron chi connectivity index (χ4n) is 2.63. The molecule has 1 aromatic rings. The number of anilines is 1. The van der Waals surface area contributed by atoms with Gasteiger partial charge in [-0.1, -0.05) is 12.1 Å². The molecule has 0 amide bonds. The van der Waals surface area contributed by atoms with Crippen LogP contribution < -0.4 is 4.90 Å². The molecule has 1 aromatic carbocycles. The molecule has 0 aliphatic heterocycles. The first-order valence-corrected chi connectivity index (χ1v) is 8.04. The minimum absolute atomic E-state index is 0.0403. The van der Waals surface area contributed by atoms with E-state index in [-0.39, 0.29) is 22.3 Å². The minimum Gasteiger partial charge on any atom is -0.465 e. The summed E-state index contributed by atoms with van der Waals surface area (Å²) in [5.74, 6) is -2.17. The van der Waals surface area contributed by atoms with Crippen LogP contribution in [-0.2, 0) is 28.6 Å². The Morgan fingerprint density at radius 1 is 0.852 bits per heavy atom. The molecule has 0 saturated heterocycles. The highest BCUT2D eigenvalue weighted by molar-refractivity contribution is 6.15. The van der Waals surface area contributed by atoms with Gasteiger partial charge in [0, 0.05) is 25.4 Å². The van der Waals surface area contributed by atoms with E-state index >= 15 is 0 Å². The Balaban J connectivity index is 2.63. The van der Waals surface area contributed by atoms with Crippen LogP contribution in [0, 0.1) is 0 Å². The van der Waals surface area contributed by atoms with Gasteiger partial charge in [0.1, 0.15) is 0 Å².